The van der Waals surface area contributed by atoms with Gasteiger partial charge in [0.05, 0.1) is 0 Å². The van der Waals surface area contributed by atoms with Crippen molar-refractivity contribution in [1.29, 1.82) is 0 Å². The molecule has 0 saturated heterocycles. The Hall–Kier alpha value is -2.36. The lowest BCUT2D eigenvalue weighted by Crippen LogP contribution is -2.23. The van der Waals surface area contributed by atoms with Crippen molar-refractivity contribution < 1.29 is 20.4 Å². The normalized spacial score (nSPS) is 22.5. The number of phenolic OH excluding ortho intramolecular Hbond substituents is 4. The molecule has 0 aromatic heterocycles. The summed E-state index contributed by atoms with van der Waals surface area (Å²) in [4.78, 5) is 0. The van der Waals surface area contributed by atoms with Crippen LogP contribution in [-0.4, -0.2) is 20.4 Å². The van der Waals surface area contributed by atoms with Crippen molar-refractivity contribution >= 4 is 0 Å². The lowest BCUT2D eigenvalue weighted by Gasteiger charge is -2.29. The van der Waals surface area contributed by atoms with Gasteiger partial charge in [-0.15, -0.1) is 0 Å². The summed E-state index contributed by atoms with van der Waals surface area (Å²) >= 11 is 0. The third-order valence-electron chi connectivity index (χ3n) is 4.83. The van der Waals surface area contributed by atoms with E-state index in [1.165, 1.54) is 12.1 Å². The highest BCUT2D eigenvalue weighted by molar-refractivity contribution is 5.63. The Morgan fingerprint density at radius 1 is 0.773 bits per heavy atom. The van der Waals surface area contributed by atoms with Crippen LogP contribution in [0.1, 0.15) is 43.9 Å². The van der Waals surface area contributed by atoms with E-state index in [1.807, 2.05) is 20.8 Å². The fourth-order valence-electron chi connectivity index (χ4n) is 4.01. The van der Waals surface area contributed by atoms with Gasteiger partial charge in [-0.1, -0.05) is 39.0 Å². The van der Waals surface area contributed by atoms with Gasteiger partial charge in [-0.3, -0.25) is 0 Å². The predicted octanol–water partition coefficient (Wildman–Crippen LogP) is 3.50. The molecule has 0 bridgehead atoms. The topological polar surface area (TPSA) is 80.9 Å². The second kappa shape index (κ2) is 4.32. The zero-order valence-corrected chi connectivity index (χ0v) is 12.9. The average Bonchev–Trinajstić information content (AvgIpc) is 2.64. The maximum atomic E-state index is 10.3. The molecule has 116 valence electrons. The highest BCUT2D eigenvalue weighted by atomic mass is 16.3. The van der Waals surface area contributed by atoms with Gasteiger partial charge in [0.25, 0.3) is 0 Å². The smallest absolute Gasteiger partial charge is 0.161 e. The molecule has 0 amide bonds. The number of benzene rings is 2. The lowest BCUT2D eigenvalue weighted by molar-refractivity contribution is 0.367. The van der Waals surface area contributed by atoms with Gasteiger partial charge in [0.1, 0.15) is 0 Å². The highest BCUT2D eigenvalue weighted by Crippen LogP contribution is 2.58. The van der Waals surface area contributed by atoms with Crippen LogP contribution in [0, 0.1) is 0 Å². The number of aromatic hydroxyl groups is 4. The van der Waals surface area contributed by atoms with Crippen LogP contribution in [0.5, 0.6) is 23.0 Å². The number of hydrogen-bond donors (Lipinski definition) is 4. The van der Waals surface area contributed by atoms with Gasteiger partial charge in [-0.05, 0) is 29.5 Å². The summed E-state index contributed by atoms with van der Waals surface area (Å²) in [5.74, 6) is -0.545. The van der Waals surface area contributed by atoms with E-state index in [2.05, 4.69) is 0 Å². The second-order valence-electron chi connectivity index (χ2n) is 6.92. The summed E-state index contributed by atoms with van der Waals surface area (Å²) in [5.41, 5.74) is 1.23. The number of rotatable bonds is 1. The minimum atomic E-state index is -0.563. The molecule has 1 aliphatic rings. The monoisotopic (exact) mass is 300 g/mol. The van der Waals surface area contributed by atoms with E-state index in [1.54, 1.807) is 18.2 Å². The van der Waals surface area contributed by atoms with Gasteiger partial charge in [0.15, 0.2) is 23.0 Å². The summed E-state index contributed by atoms with van der Waals surface area (Å²) in [5, 5.41) is 40.2. The van der Waals surface area contributed by atoms with Crippen molar-refractivity contribution in [3.05, 3.63) is 47.0 Å². The van der Waals surface area contributed by atoms with Crippen molar-refractivity contribution in [2.75, 3.05) is 0 Å². The van der Waals surface area contributed by atoms with Crippen LogP contribution in [0.4, 0.5) is 0 Å². The minimum Gasteiger partial charge on any atom is -0.504 e. The van der Waals surface area contributed by atoms with E-state index >= 15 is 0 Å². The fraction of sp³-hybridized carbons (Fsp3) is 0.333. The molecule has 4 heteroatoms. The highest BCUT2D eigenvalue weighted by Gasteiger charge is 2.49. The van der Waals surface area contributed by atoms with E-state index in [-0.39, 0.29) is 28.4 Å². The van der Waals surface area contributed by atoms with Gasteiger partial charge in [0.2, 0.25) is 0 Å². The molecule has 4 nitrogen and oxygen atoms in total. The molecule has 1 atom stereocenters. The Morgan fingerprint density at radius 2 is 1.41 bits per heavy atom. The zero-order chi connectivity index (χ0) is 16.3. The van der Waals surface area contributed by atoms with Crippen LogP contribution in [-0.2, 0) is 10.8 Å². The number of para-hydroxylation sites is 1. The quantitative estimate of drug-likeness (QED) is 0.608. The van der Waals surface area contributed by atoms with Crippen molar-refractivity contribution in [3.63, 3.8) is 0 Å². The van der Waals surface area contributed by atoms with Gasteiger partial charge in [-0.25, -0.2) is 0 Å². The van der Waals surface area contributed by atoms with Crippen LogP contribution >= 0.6 is 0 Å². The van der Waals surface area contributed by atoms with Crippen molar-refractivity contribution in [1.82, 2.24) is 0 Å². The maximum absolute atomic E-state index is 10.3. The molecular weight excluding hydrogens is 280 g/mol. The third-order valence-corrected chi connectivity index (χ3v) is 4.83. The van der Waals surface area contributed by atoms with E-state index in [0.29, 0.717) is 17.5 Å². The molecule has 0 spiro atoms. The predicted molar refractivity (Wildman–Crippen MR) is 83.6 cm³/mol. The first-order valence-electron chi connectivity index (χ1n) is 7.26. The molecule has 3 rings (SSSR count). The standard InChI is InChI=1S/C18H20O4/c1-17(2)9-18(3,11-5-4-6-12(19)15(11)21)10-7-8-13(20)16(22)14(10)17/h4-8,19-22H,9H2,1-3H3. The Labute approximate surface area is 129 Å². The SMILES string of the molecule is CC1(C)CC(C)(c2cccc(O)c2O)c2ccc(O)c(O)c21. The largest absolute Gasteiger partial charge is 0.504 e. The first kappa shape index (κ1) is 14.6. The van der Waals surface area contributed by atoms with Crippen molar-refractivity contribution in [3.8, 4) is 23.0 Å². The van der Waals surface area contributed by atoms with Crippen molar-refractivity contribution in [2.45, 2.75) is 38.0 Å². The lowest BCUT2D eigenvalue weighted by atomic mass is 9.74. The third kappa shape index (κ3) is 1.76. The van der Waals surface area contributed by atoms with Crippen LogP contribution in [0.15, 0.2) is 30.3 Å². The molecule has 2 aromatic carbocycles. The molecule has 0 radical (unpaired) electrons. The average molecular weight is 300 g/mol. The van der Waals surface area contributed by atoms with Gasteiger partial charge in [-0.2, -0.15) is 0 Å². The Balaban J connectivity index is 2.32. The summed E-state index contributed by atoms with van der Waals surface area (Å²) < 4.78 is 0. The first-order chi connectivity index (χ1) is 10.2. The summed E-state index contributed by atoms with van der Waals surface area (Å²) in [6.07, 6.45) is 0.642. The second-order valence-corrected chi connectivity index (χ2v) is 6.92. The molecule has 4 N–H and O–H groups in total. The van der Waals surface area contributed by atoms with Crippen molar-refractivity contribution in [2.24, 2.45) is 0 Å². The van der Waals surface area contributed by atoms with E-state index in [4.69, 9.17) is 0 Å². The van der Waals surface area contributed by atoms with Crippen LogP contribution in [0.2, 0.25) is 0 Å². The summed E-state index contributed by atoms with van der Waals surface area (Å²) in [7, 11) is 0. The van der Waals surface area contributed by atoms with Crippen LogP contribution in [0.25, 0.3) is 0 Å². The Kier molecular flexibility index (Phi) is 2.86. The van der Waals surface area contributed by atoms with Gasteiger partial charge >= 0.3 is 0 Å². The fourth-order valence-corrected chi connectivity index (χ4v) is 4.01. The van der Waals surface area contributed by atoms with E-state index in [9.17, 15) is 20.4 Å². The molecule has 0 fully saturated rings. The molecule has 1 unspecified atom stereocenters. The maximum Gasteiger partial charge on any atom is 0.161 e. The summed E-state index contributed by atoms with van der Waals surface area (Å²) in [6.45, 7) is 5.97. The van der Waals surface area contributed by atoms with Gasteiger partial charge < -0.3 is 20.4 Å². The molecular formula is C18H20O4. The first-order valence-corrected chi connectivity index (χ1v) is 7.26. The number of hydrogen-bond acceptors (Lipinski definition) is 4. The van der Waals surface area contributed by atoms with E-state index in [0.717, 1.165) is 5.56 Å². The molecule has 0 aliphatic heterocycles. The zero-order valence-electron chi connectivity index (χ0n) is 12.9. The Bertz CT molecular complexity index is 764. The molecule has 0 heterocycles. The molecule has 1 aliphatic carbocycles. The molecule has 0 saturated carbocycles. The minimum absolute atomic E-state index is 0.106. The van der Waals surface area contributed by atoms with Gasteiger partial charge in [0, 0.05) is 16.5 Å². The summed E-state index contributed by atoms with van der Waals surface area (Å²) in [6, 6.07) is 8.17. The van der Waals surface area contributed by atoms with E-state index < -0.39 is 5.41 Å². The van der Waals surface area contributed by atoms with Crippen LogP contribution in [0.3, 0.4) is 0 Å². The molecule has 22 heavy (non-hydrogen) atoms. The molecule has 2 aromatic rings. The number of fused-ring (bicyclic) bond motifs is 1. The Morgan fingerprint density at radius 3 is 2.09 bits per heavy atom. The number of phenols is 4. The van der Waals surface area contributed by atoms with Crippen LogP contribution < -0.4 is 0 Å².